The predicted molar refractivity (Wildman–Crippen MR) is 139 cm³/mol. The summed E-state index contributed by atoms with van der Waals surface area (Å²) in [5, 5.41) is 7.66. The van der Waals surface area contributed by atoms with Gasteiger partial charge in [-0.15, -0.1) is 11.3 Å². The first kappa shape index (κ1) is 21.7. The number of benzene rings is 1. The molecule has 6 nitrogen and oxygen atoms in total. The van der Waals surface area contributed by atoms with Crippen molar-refractivity contribution < 1.29 is 0 Å². The molecular weight excluding hydrogens is 440 g/mol. The number of thiazole rings is 1. The average Bonchev–Trinajstić information content (AvgIpc) is 3.59. The Morgan fingerprint density at radius 1 is 1.15 bits per heavy atom. The Balaban J connectivity index is 1.31. The summed E-state index contributed by atoms with van der Waals surface area (Å²) < 4.78 is 2.38. The summed E-state index contributed by atoms with van der Waals surface area (Å²) in [5.41, 5.74) is 10.8. The third-order valence-corrected chi connectivity index (χ3v) is 8.87. The highest BCUT2D eigenvalue weighted by atomic mass is 32.1. The minimum Gasteiger partial charge on any atom is -0.383 e. The molecule has 1 aliphatic heterocycles. The Hall–Kier alpha value is -2.77. The zero-order valence-electron chi connectivity index (χ0n) is 19.7. The Morgan fingerprint density at radius 3 is 2.88 bits per heavy atom. The maximum Gasteiger partial charge on any atom is 0.146 e. The quantitative estimate of drug-likeness (QED) is 0.411. The van der Waals surface area contributed by atoms with Crippen LogP contribution in [0.15, 0.2) is 48.2 Å². The van der Waals surface area contributed by atoms with Crippen LogP contribution in [-0.4, -0.2) is 32.6 Å². The summed E-state index contributed by atoms with van der Waals surface area (Å²) in [6.07, 6.45) is 9.70. The van der Waals surface area contributed by atoms with Gasteiger partial charge in [-0.3, -0.25) is 0 Å². The van der Waals surface area contributed by atoms with Crippen LogP contribution in [0.4, 0.5) is 5.82 Å². The summed E-state index contributed by atoms with van der Waals surface area (Å²) in [7, 11) is 0. The van der Waals surface area contributed by atoms with Crippen molar-refractivity contribution in [2.75, 3.05) is 18.8 Å². The number of anilines is 1. The van der Waals surface area contributed by atoms with Crippen molar-refractivity contribution in [1.82, 2.24) is 24.8 Å². The van der Waals surface area contributed by atoms with E-state index in [4.69, 9.17) is 15.7 Å². The molecule has 0 radical (unpaired) electrons. The highest BCUT2D eigenvalue weighted by Crippen LogP contribution is 2.45. The molecule has 1 aromatic carbocycles. The van der Waals surface area contributed by atoms with Crippen molar-refractivity contribution in [3.8, 4) is 10.6 Å². The molecule has 2 aliphatic rings. The van der Waals surface area contributed by atoms with Gasteiger partial charge in [-0.25, -0.2) is 15.0 Å². The number of nitrogens with one attached hydrogen (secondary N) is 1. The Bertz CT molecular complexity index is 1280. The van der Waals surface area contributed by atoms with Crippen molar-refractivity contribution in [2.45, 2.75) is 45.1 Å². The molecule has 1 saturated heterocycles. The van der Waals surface area contributed by atoms with Crippen molar-refractivity contribution in [3.05, 3.63) is 59.5 Å². The van der Waals surface area contributed by atoms with Gasteiger partial charge in [0.15, 0.2) is 0 Å². The Kier molecular flexibility index (Phi) is 5.83. The number of rotatable bonds is 5. The van der Waals surface area contributed by atoms with Gasteiger partial charge < -0.3 is 15.6 Å². The lowest BCUT2D eigenvalue weighted by Crippen LogP contribution is -2.38. The number of nitrogens with two attached hydrogens (primary N) is 1. The van der Waals surface area contributed by atoms with Gasteiger partial charge >= 0.3 is 0 Å². The molecule has 2 fully saturated rings. The summed E-state index contributed by atoms with van der Waals surface area (Å²) >= 11 is 1.68. The summed E-state index contributed by atoms with van der Waals surface area (Å²) in [4.78, 5) is 14.0. The minimum absolute atomic E-state index is 0.460. The standard InChI is InChI=1S/C27H32N6S/c1-17-13-29-10-9-22(17)19-7-8-21(12-19)33-14-23(24-25(28)30-16-31-26(24)33)27-32-20(15-34-27)11-18-5-3-2-4-6-18/h2-6,14-17,19,21-22,29H,7-13H2,1H3,(H2,28,30,31). The van der Waals surface area contributed by atoms with Crippen molar-refractivity contribution in [1.29, 1.82) is 0 Å². The largest absolute Gasteiger partial charge is 0.383 e. The molecule has 4 unspecified atom stereocenters. The van der Waals surface area contributed by atoms with Gasteiger partial charge in [0.1, 0.15) is 22.8 Å². The molecule has 4 aromatic rings. The number of aromatic nitrogens is 4. The van der Waals surface area contributed by atoms with E-state index in [-0.39, 0.29) is 0 Å². The predicted octanol–water partition coefficient (Wildman–Crippen LogP) is 5.31. The molecule has 3 N–H and O–H groups in total. The molecule has 4 heterocycles. The Labute approximate surface area is 204 Å². The van der Waals surface area contributed by atoms with Gasteiger partial charge in [-0.05, 0) is 62.1 Å². The SMILES string of the molecule is CC1CNCCC1C1CCC(n2cc(-c3nc(Cc4ccccc4)cs3)c3c(N)ncnc32)C1. The van der Waals surface area contributed by atoms with Gasteiger partial charge in [0.2, 0.25) is 0 Å². The monoisotopic (exact) mass is 472 g/mol. The van der Waals surface area contributed by atoms with E-state index >= 15 is 0 Å². The molecule has 0 spiro atoms. The fraction of sp³-hybridized carbons (Fsp3) is 0.444. The molecule has 34 heavy (non-hydrogen) atoms. The van der Waals surface area contributed by atoms with E-state index < -0.39 is 0 Å². The first-order valence-corrected chi connectivity index (χ1v) is 13.4. The molecule has 3 aromatic heterocycles. The van der Waals surface area contributed by atoms with E-state index in [0.717, 1.165) is 64.6 Å². The number of nitrogens with zero attached hydrogens (tertiary/aromatic N) is 4. The van der Waals surface area contributed by atoms with Crippen LogP contribution in [-0.2, 0) is 6.42 Å². The zero-order chi connectivity index (χ0) is 23.1. The number of hydrogen-bond acceptors (Lipinski definition) is 6. The van der Waals surface area contributed by atoms with Crippen molar-refractivity contribution in [3.63, 3.8) is 0 Å². The highest BCUT2D eigenvalue weighted by Gasteiger charge is 2.36. The third-order valence-electron chi connectivity index (χ3n) is 7.94. The molecular formula is C27H32N6S. The van der Waals surface area contributed by atoms with Gasteiger partial charge in [0.25, 0.3) is 0 Å². The number of nitrogen functional groups attached to an aromatic ring is 1. The fourth-order valence-electron chi connectivity index (χ4n) is 6.23. The maximum absolute atomic E-state index is 6.40. The van der Waals surface area contributed by atoms with Crippen LogP contribution in [0, 0.1) is 17.8 Å². The molecule has 0 bridgehead atoms. The van der Waals surface area contributed by atoms with Crippen LogP contribution in [0.5, 0.6) is 0 Å². The molecule has 7 heteroatoms. The second-order valence-electron chi connectivity index (χ2n) is 10.1. The van der Waals surface area contributed by atoms with Gasteiger partial charge in [-0.1, -0.05) is 37.3 Å². The lowest BCUT2D eigenvalue weighted by molar-refractivity contribution is 0.186. The van der Waals surface area contributed by atoms with E-state index in [1.807, 2.05) is 6.07 Å². The first-order chi connectivity index (χ1) is 16.7. The van der Waals surface area contributed by atoms with Crippen LogP contribution in [0.1, 0.15) is 49.9 Å². The summed E-state index contributed by atoms with van der Waals surface area (Å²) in [6.45, 7) is 4.73. The van der Waals surface area contributed by atoms with Gasteiger partial charge in [0, 0.05) is 29.6 Å². The molecule has 1 aliphatic carbocycles. The van der Waals surface area contributed by atoms with E-state index in [9.17, 15) is 0 Å². The molecule has 0 amide bonds. The highest BCUT2D eigenvalue weighted by molar-refractivity contribution is 7.13. The zero-order valence-corrected chi connectivity index (χ0v) is 20.5. The molecule has 6 rings (SSSR count). The topological polar surface area (TPSA) is 81.7 Å². The number of fused-ring (bicyclic) bond motifs is 1. The molecule has 176 valence electrons. The van der Waals surface area contributed by atoms with Crippen molar-refractivity contribution >= 4 is 28.2 Å². The smallest absolute Gasteiger partial charge is 0.146 e. The van der Waals surface area contributed by atoms with E-state index in [1.165, 1.54) is 31.2 Å². The van der Waals surface area contributed by atoms with E-state index in [0.29, 0.717) is 11.9 Å². The molecule has 1 saturated carbocycles. The Morgan fingerprint density at radius 2 is 2.03 bits per heavy atom. The number of piperidine rings is 1. The second kappa shape index (κ2) is 9.12. The lowest BCUT2D eigenvalue weighted by Gasteiger charge is -2.34. The van der Waals surface area contributed by atoms with Crippen LogP contribution >= 0.6 is 11.3 Å². The third kappa shape index (κ3) is 4.01. The van der Waals surface area contributed by atoms with Crippen LogP contribution < -0.4 is 11.1 Å². The van der Waals surface area contributed by atoms with Gasteiger partial charge in [0.05, 0.1) is 11.1 Å². The minimum atomic E-state index is 0.460. The fourth-order valence-corrected chi connectivity index (χ4v) is 7.07. The second-order valence-corrected chi connectivity index (χ2v) is 10.9. The molecule has 4 atom stereocenters. The van der Waals surface area contributed by atoms with E-state index in [1.54, 1.807) is 17.7 Å². The van der Waals surface area contributed by atoms with Crippen LogP contribution in [0.3, 0.4) is 0 Å². The summed E-state index contributed by atoms with van der Waals surface area (Å²) in [6, 6.07) is 11.0. The normalized spacial score (nSPS) is 25.2. The van der Waals surface area contributed by atoms with Crippen LogP contribution in [0.2, 0.25) is 0 Å². The average molecular weight is 473 g/mol. The first-order valence-electron chi connectivity index (χ1n) is 12.5. The van der Waals surface area contributed by atoms with E-state index in [2.05, 4.69) is 57.6 Å². The van der Waals surface area contributed by atoms with Crippen LogP contribution in [0.25, 0.3) is 21.6 Å². The lowest BCUT2D eigenvalue weighted by atomic mass is 9.77. The van der Waals surface area contributed by atoms with Gasteiger partial charge in [-0.2, -0.15) is 0 Å². The maximum atomic E-state index is 6.40. The number of hydrogen-bond donors (Lipinski definition) is 2. The van der Waals surface area contributed by atoms with Crippen molar-refractivity contribution in [2.24, 2.45) is 17.8 Å². The summed E-state index contributed by atoms with van der Waals surface area (Å²) in [5.74, 6) is 2.91.